The summed E-state index contributed by atoms with van der Waals surface area (Å²) < 4.78 is 1.10. The number of aliphatic hydroxyl groups is 1. The van der Waals surface area contributed by atoms with E-state index in [1.807, 2.05) is 12.1 Å². The molecule has 1 aromatic heterocycles. The van der Waals surface area contributed by atoms with Gasteiger partial charge >= 0.3 is 0 Å². The van der Waals surface area contributed by atoms with Crippen molar-refractivity contribution in [1.29, 1.82) is 0 Å². The van der Waals surface area contributed by atoms with E-state index in [-0.39, 0.29) is 0 Å². The number of nitrogens with zero attached hydrogens (tertiary/aromatic N) is 1. The van der Waals surface area contributed by atoms with Crippen molar-refractivity contribution in [3.8, 4) is 0 Å². The molecule has 0 fully saturated rings. The number of aromatic nitrogens is 1. The number of aryl methyl sites for hydroxylation is 1. The smallest absolute Gasteiger partial charge is 0.0731 e. The molecule has 20 heavy (non-hydrogen) atoms. The van der Waals surface area contributed by atoms with Crippen molar-refractivity contribution in [2.75, 3.05) is 0 Å². The molecular formula is C16H15BrClNO. The standard InChI is InChI=1S/C16H15BrClNO/c17-14-2-1-12-8-16(20,5-3-11(12)7-14)9-13-4-6-19-10-15(13)18/h1-2,4,6-7,10,20H,3,5,8-9H2. The molecule has 104 valence electrons. The zero-order valence-corrected chi connectivity index (χ0v) is 13.3. The van der Waals surface area contributed by atoms with Crippen LogP contribution in [0.25, 0.3) is 0 Å². The molecule has 1 unspecified atom stereocenters. The second-order valence-corrected chi connectivity index (χ2v) is 6.78. The van der Waals surface area contributed by atoms with Gasteiger partial charge in [0.1, 0.15) is 0 Å². The van der Waals surface area contributed by atoms with Crippen molar-refractivity contribution in [2.24, 2.45) is 0 Å². The number of benzene rings is 1. The Hall–Kier alpha value is -0.900. The molecule has 1 N–H and O–H groups in total. The molecule has 2 aromatic rings. The monoisotopic (exact) mass is 351 g/mol. The van der Waals surface area contributed by atoms with Gasteiger partial charge in [0.25, 0.3) is 0 Å². The average Bonchev–Trinajstić information content (AvgIpc) is 2.42. The Kier molecular flexibility index (Phi) is 3.85. The quantitative estimate of drug-likeness (QED) is 0.887. The highest BCUT2D eigenvalue weighted by molar-refractivity contribution is 9.10. The molecule has 2 nitrogen and oxygen atoms in total. The van der Waals surface area contributed by atoms with Crippen LogP contribution in [0.1, 0.15) is 23.1 Å². The Balaban J connectivity index is 1.84. The molecule has 0 radical (unpaired) electrons. The molecule has 0 saturated carbocycles. The van der Waals surface area contributed by atoms with E-state index < -0.39 is 5.60 Å². The lowest BCUT2D eigenvalue weighted by Gasteiger charge is -2.34. The van der Waals surface area contributed by atoms with Crippen LogP contribution >= 0.6 is 27.5 Å². The van der Waals surface area contributed by atoms with Crippen molar-refractivity contribution in [1.82, 2.24) is 4.98 Å². The van der Waals surface area contributed by atoms with Crippen molar-refractivity contribution >= 4 is 27.5 Å². The minimum absolute atomic E-state index is 0.573. The average molecular weight is 353 g/mol. The van der Waals surface area contributed by atoms with Gasteiger partial charge in [-0.2, -0.15) is 0 Å². The summed E-state index contributed by atoms with van der Waals surface area (Å²) in [6.45, 7) is 0. The molecule has 1 aliphatic carbocycles. The molecule has 4 heteroatoms. The third kappa shape index (κ3) is 2.90. The Morgan fingerprint density at radius 3 is 2.95 bits per heavy atom. The van der Waals surface area contributed by atoms with Gasteiger partial charge in [-0.05, 0) is 47.7 Å². The number of hydrogen-bond acceptors (Lipinski definition) is 2. The third-order valence-corrected chi connectivity index (χ3v) is 4.76. The lowest BCUT2D eigenvalue weighted by molar-refractivity contribution is 0.0267. The predicted molar refractivity (Wildman–Crippen MR) is 84.1 cm³/mol. The first-order valence-electron chi connectivity index (χ1n) is 6.64. The fourth-order valence-electron chi connectivity index (χ4n) is 2.86. The van der Waals surface area contributed by atoms with E-state index in [2.05, 4.69) is 33.0 Å². The Morgan fingerprint density at radius 2 is 2.15 bits per heavy atom. The van der Waals surface area contributed by atoms with E-state index >= 15 is 0 Å². The van der Waals surface area contributed by atoms with Gasteiger partial charge < -0.3 is 5.11 Å². The van der Waals surface area contributed by atoms with Crippen LogP contribution in [0, 0.1) is 0 Å². The topological polar surface area (TPSA) is 33.1 Å². The molecule has 1 aromatic carbocycles. The summed E-state index contributed by atoms with van der Waals surface area (Å²) in [5, 5.41) is 11.5. The molecule has 0 saturated heterocycles. The zero-order valence-electron chi connectivity index (χ0n) is 10.9. The molecule has 0 aliphatic heterocycles. The van der Waals surface area contributed by atoms with Crippen LogP contribution in [0.15, 0.2) is 41.1 Å². The number of hydrogen-bond donors (Lipinski definition) is 1. The summed E-state index contributed by atoms with van der Waals surface area (Å²) in [5.74, 6) is 0. The number of halogens is 2. The second-order valence-electron chi connectivity index (χ2n) is 5.46. The molecule has 0 bridgehead atoms. The summed E-state index contributed by atoms with van der Waals surface area (Å²) >= 11 is 9.64. The Bertz CT molecular complexity index is 646. The van der Waals surface area contributed by atoms with Gasteiger partial charge in [0.05, 0.1) is 10.6 Å². The maximum Gasteiger partial charge on any atom is 0.0731 e. The predicted octanol–water partition coefficient (Wildman–Crippen LogP) is 3.96. The SMILES string of the molecule is OC1(Cc2ccncc2Cl)CCc2cc(Br)ccc2C1. The van der Waals surface area contributed by atoms with Crippen molar-refractivity contribution in [3.05, 3.63) is 62.8 Å². The molecule has 3 rings (SSSR count). The third-order valence-electron chi connectivity index (χ3n) is 3.92. The number of rotatable bonds is 2. The first kappa shape index (κ1) is 14.1. The summed E-state index contributed by atoms with van der Waals surface area (Å²) in [6, 6.07) is 8.16. The molecular weight excluding hydrogens is 338 g/mol. The highest BCUT2D eigenvalue weighted by Crippen LogP contribution is 2.33. The van der Waals surface area contributed by atoms with Gasteiger partial charge in [-0.3, -0.25) is 4.98 Å². The first-order chi connectivity index (χ1) is 9.56. The van der Waals surface area contributed by atoms with Gasteiger partial charge in [-0.15, -0.1) is 0 Å². The lowest BCUT2D eigenvalue weighted by Crippen LogP contribution is -2.38. The summed E-state index contributed by atoms with van der Waals surface area (Å²) in [7, 11) is 0. The van der Waals surface area contributed by atoms with Gasteiger partial charge in [-0.25, -0.2) is 0 Å². The summed E-state index contributed by atoms with van der Waals surface area (Å²) in [5.41, 5.74) is 2.80. The van der Waals surface area contributed by atoms with Crippen LogP contribution in [0.2, 0.25) is 5.02 Å². The van der Waals surface area contributed by atoms with Crippen LogP contribution in [-0.2, 0) is 19.3 Å². The van der Waals surface area contributed by atoms with Gasteiger partial charge in [-0.1, -0.05) is 33.6 Å². The van der Waals surface area contributed by atoms with Crippen molar-refractivity contribution < 1.29 is 5.11 Å². The van der Waals surface area contributed by atoms with Gasteiger partial charge in [0.2, 0.25) is 0 Å². The van der Waals surface area contributed by atoms with Crippen molar-refractivity contribution in [2.45, 2.75) is 31.3 Å². The largest absolute Gasteiger partial charge is 0.389 e. The lowest BCUT2D eigenvalue weighted by atomic mass is 9.77. The van der Waals surface area contributed by atoms with Crippen LogP contribution in [0.3, 0.4) is 0 Å². The van der Waals surface area contributed by atoms with E-state index in [1.165, 1.54) is 11.1 Å². The molecule has 1 atom stereocenters. The molecule has 0 spiro atoms. The molecule has 1 heterocycles. The van der Waals surface area contributed by atoms with Crippen LogP contribution in [0.4, 0.5) is 0 Å². The highest BCUT2D eigenvalue weighted by Gasteiger charge is 2.32. The maximum atomic E-state index is 10.9. The summed E-state index contributed by atoms with van der Waals surface area (Å²) in [6.07, 6.45) is 6.26. The highest BCUT2D eigenvalue weighted by atomic mass is 79.9. The fourth-order valence-corrected chi connectivity index (χ4v) is 3.46. The molecule has 0 amide bonds. The Labute approximate surface area is 131 Å². The second kappa shape index (κ2) is 5.47. The van der Waals surface area contributed by atoms with E-state index in [0.29, 0.717) is 17.9 Å². The van der Waals surface area contributed by atoms with Crippen LogP contribution in [0.5, 0.6) is 0 Å². The fraction of sp³-hybridized carbons (Fsp3) is 0.312. The van der Waals surface area contributed by atoms with E-state index in [9.17, 15) is 5.11 Å². The first-order valence-corrected chi connectivity index (χ1v) is 7.81. The normalized spacial score (nSPS) is 21.6. The van der Waals surface area contributed by atoms with E-state index in [1.54, 1.807) is 12.4 Å². The Morgan fingerprint density at radius 1 is 1.30 bits per heavy atom. The number of fused-ring (bicyclic) bond motifs is 1. The van der Waals surface area contributed by atoms with Gasteiger partial charge in [0.15, 0.2) is 0 Å². The maximum absolute atomic E-state index is 10.9. The van der Waals surface area contributed by atoms with E-state index in [4.69, 9.17) is 11.6 Å². The van der Waals surface area contributed by atoms with Gasteiger partial charge in [0, 0.05) is 29.7 Å². The minimum atomic E-state index is -0.716. The summed E-state index contributed by atoms with van der Waals surface area (Å²) in [4.78, 5) is 3.99. The number of pyridine rings is 1. The van der Waals surface area contributed by atoms with Crippen molar-refractivity contribution in [3.63, 3.8) is 0 Å². The zero-order chi connectivity index (χ0) is 14.2. The van der Waals surface area contributed by atoms with Crippen LogP contribution in [-0.4, -0.2) is 15.7 Å². The molecule has 1 aliphatic rings. The minimum Gasteiger partial charge on any atom is -0.389 e. The van der Waals surface area contributed by atoms with E-state index in [0.717, 1.165) is 22.9 Å². The van der Waals surface area contributed by atoms with Crippen LogP contribution < -0.4 is 0 Å².